The number of benzene rings is 1. The van der Waals surface area contributed by atoms with Crippen LogP contribution in [0.2, 0.25) is 0 Å². The maximum Gasteiger partial charge on any atom is 0.0645 e. The Bertz CT molecular complexity index is 232. The van der Waals surface area contributed by atoms with Gasteiger partial charge in [-0.15, -0.1) is 0 Å². The van der Waals surface area contributed by atoms with Crippen LogP contribution in [-0.2, 0) is 0 Å². The van der Waals surface area contributed by atoms with Crippen LogP contribution in [0.3, 0.4) is 0 Å². The van der Waals surface area contributed by atoms with Crippen molar-refractivity contribution in [2.75, 3.05) is 11.5 Å². The van der Waals surface area contributed by atoms with Gasteiger partial charge in [-0.3, -0.25) is 0 Å². The monoisotopic (exact) mass is 112 g/mol. The highest BCUT2D eigenvalue weighted by Crippen LogP contribution is 2.04. The Balaban J connectivity index is 3.60. The van der Waals surface area contributed by atoms with Crippen LogP contribution < -0.4 is 11.5 Å². The molecule has 0 fully saturated rings. The van der Waals surface area contributed by atoms with Gasteiger partial charge in [0.1, 0.15) is 0 Å². The Hall–Kier alpha value is -1.18. The zero-order chi connectivity index (χ0) is 9.46. The second-order valence-electron chi connectivity index (χ2n) is 1.33. The standard InChI is InChI=1S/C6H8N2/c7-5-1-2-6(8)4-3-5/h1-4H,7-8H2/i1D,2D,3D,4D. The first-order valence-electron chi connectivity index (χ1n) is 4.08. The van der Waals surface area contributed by atoms with Gasteiger partial charge in [0.05, 0.1) is 5.48 Å². The summed E-state index contributed by atoms with van der Waals surface area (Å²) in [6, 6.07) is -1.14. The molecule has 0 aliphatic carbocycles. The van der Waals surface area contributed by atoms with Crippen molar-refractivity contribution < 1.29 is 5.48 Å². The topological polar surface area (TPSA) is 52.0 Å². The molecule has 0 heterocycles. The zero-order valence-corrected chi connectivity index (χ0v) is 4.15. The number of hydrogen-bond donors (Lipinski definition) is 2. The smallest absolute Gasteiger partial charge is 0.0645 e. The summed E-state index contributed by atoms with van der Waals surface area (Å²) in [5.74, 6) is 0. The molecule has 0 aliphatic heterocycles. The zero-order valence-electron chi connectivity index (χ0n) is 8.15. The van der Waals surface area contributed by atoms with Gasteiger partial charge in [0.15, 0.2) is 0 Å². The molecule has 0 aromatic heterocycles. The van der Waals surface area contributed by atoms with E-state index in [1.165, 1.54) is 0 Å². The van der Waals surface area contributed by atoms with Gasteiger partial charge in [-0.25, -0.2) is 0 Å². The fourth-order valence-corrected chi connectivity index (χ4v) is 0.332. The lowest BCUT2D eigenvalue weighted by Crippen LogP contribution is -1.86. The predicted molar refractivity (Wildman–Crippen MR) is 35.3 cm³/mol. The summed E-state index contributed by atoms with van der Waals surface area (Å²) < 4.78 is 28.9. The van der Waals surface area contributed by atoms with Crippen LogP contribution in [0.5, 0.6) is 0 Å². The summed E-state index contributed by atoms with van der Waals surface area (Å²) in [5.41, 5.74) is 10.2. The molecule has 0 atom stereocenters. The first-order chi connectivity index (χ1) is 5.46. The van der Waals surface area contributed by atoms with E-state index in [9.17, 15) is 0 Å². The van der Waals surface area contributed by atoms with E-state index in [4.69, 9.17) is 17.0 Å². The Morgan fingerprint density at radius 1 is 1.00 bits per heavy atom. The molecular formula is C6H8N2. The third-order valence-electron chi connectivity index (χ3n) is 0.664. The Kier molecular flexibility index (Phi) is 0.429. The van der Waals surface area contributed by atoms with Crippen LogP contribution in [0.25, 0.3) is 0 Å². The molecule has 1 aromatic carbocycles. The second kappa shape index (κ2) is 1.74. The number of anilines is 2. The molecule has 0 spiro atoms. The highest BCUT2D eigenvalue weighted by atomic mass is 14.6. The average Bonchev–Trinajstić information content (AvgIpc) is 2.08. The molecule has 0 saturated carbocycles. The molecule has 0 aliphatic rings. The second-order valence-corrected chi connectivity index (χ2v) is 1.33. The Morgan fingerprint density at radius 2 is 1.25 bits per heavy atom. The SMILES string of the molecule is [2H]c1c([2H])c(N)c([2H])c([2H])c1N. The minimum absolute atomic E-state index is 0.167. The number of nitrogen functional groups attached to an aromatic ring is 2. The van der Waals surface area contributed by atoms with Gasteiger partial charge in [-0.1, -0.05) is 0 Å². The molecule has 0 radical (unpaired) electrons. The molecule has 4 N–H and O–H groups in total. The minimum atomic E-state index is -0.284. The molecule has 1 rings (SSSR count). The molecule has 1 aromatic rings. The summed E-state index contributed by atoms with van der Waals surface area (Å²) in [6.45, 7) is 0. The van der Waals surface area contributed by atoms with Crippen molar-refractivity contribution in [1.29, 1.82) is 0 Å². The summed E-state index contributed by atoms with van der Waals surface area (Å²) in [6.07, 6.45) is 0. The lowest BCUT2D eigenvalue weighted by Gasteiger charge is -1.90. The van der Waals surface area contributed by atoms with Crippen molar-refractivity contribution in [3.05, 3.63) is 24.2 Å². The minimum Gasteiger partial charge on any atom is -0.399 e. The fourth-order valence-electron chi connectivity index (χ4n) is 0.332. The van der Waals surface area contributed by atoms with E-state index in [0.29, 0.717) is 0 Å². The molecule has 8 heavy (non-hydrogen) atoms. The molecule has 0 unspecified atom stereocenters. The van der Waals surface area contributed by atoms with E-state index in [1.807, 2.05) is 0 Å². The summed E-state index contributed by atoms with van der Waals surface area (Å²) in [4.78, 5) is 0. The maximum atomic E-state index is 7.23. The van der Waals surface area contributed by atoms with E-state index in [-0.39, 0.29) is 35.5 Å². The van der Waals surface area contributed by atoms with Gasteiger partial charge in [0.2, 0.25) is 0 Å². The van der Waals surface area contributed by atoms with Gasteiger partial charge >= 0.3 is 0 Å². The molecule has 2 nitrogen and oxygen atoms in total. The van der Waals surface area contributed by atoms with Gasteiger partial charge in [-0.05, 0) is 24.2 Å². The van der Waals surface area contributed by atoms with Gasteiger partial charge in [-0.2, -0.15) is 0 Å². The van der Waals surface area contributed by atoms with Crippen molar-refractivity contribution in [3.63, 3.8) is 0 Å². The molecule has 0 bridgehead atoms. The van der Waals surface area contributed by atoms with E-state index in [0.717, 1.165) is 0 Å². The van der Waals surface area contributed by atoms with Gasteiger partial charge in [0.25, 0.3) is 0 Å². The van der Waals surface area contributed by atoms with E-state index in [1.54, 1.807) is 0 Å². The van der Waals surface area contributed by atoms with Crippen LogP contribution >= 0.6 is 0 Å². The highest BCUT2D eigenvalue weighted by Gasteiger charge is 1.80. The van der Waals surface area contributed by atoms with Gasteiger partial charge in [0, 0.05) is 11.4 Å². The van der Waals surface area contributed by atoms with Crippen LogP contribution in [0, 0.1) is 0 Å². The normalized spacial score (nSPS) is 16.0. The molecule has 2 heteroatoms. The van der Waals surface area contributed by atoms with Crippen molar-refractivity contribution >= 4 is 11.4 Å². The fraction of sp³-hybridized carbons (Fsp3) is 0. The summed E-state index contributed by atoms with van der Waals surface area (Å²) >= 11 is 0. The Morgan fingerprint density at radius 3 is 1.50 bits per heavy atom. The van der Waals surface area contributed by atoms with Crippen molar-refractivity contribution in [2.45, 2.75) is 0 Å². The van der Waals surface area contributed by atoms with Crippen molar-refractivity contribution in [2.24, 2.45) is 0 Å². The van der Waals surface area contributed by atoms with Gasteiger partial charge < -0.3 is 11.5 Å². The van der Waals surface area contributed by atoms with E-state index >= 15 is 0 Å². The quantitative estimate of drug-likeness (QED) is 0.489. The number of nitrogens with two attached hydrogens (primary N) is 2. The third-order valence-corrected chi connectivity index (χ3v) is 0.664. The predicted octanol–water partition coefficient (Wildman–Crippen LogP) is 0.851. The molecule has 0 amide bonds. The third kappa shape index (κ3) is 0.904. The van der Waals surface area contributed by atoms with Crippen LogP contribution in [-0.4, -0.2) is 0 Å². The lowest BCUT2D eigenvalue weighted by molar-refractivity contribution is 1.67. The first kappa shape index (κ1) is 1.97. The first-order valence-corrected chi connectivity index (χ1v) is 2.08. The summed E-state index contributed by atoms with van der Waals surface area (Å²) in [5, 5.41) is 0. The number of rotatable bonds is 0. The highest BCUT2D eigenvalue weighted by molar-refractivity contribution is 5.47. The molecule has 42 valence electrons. The average molecular weight is 112 g/mol. The van der Waals surface area contributed by atoms with E-state index in [2.05, 4.69) is 0 Å². The van der Waals surface area contributed by atoms with Crippen molar-refractivity contribution in [3.8, 4) is 0 Å². The lowest BCUT2D eigenvalue weighted by atomic mass is 10.3. The number of hydrogen-bond acceptors (Lipinski definition) is 2. The van der Waals surface area contributed by atoms with Crippen LogP contribution in [0.4, 0.5) is 11.4 Å². The Labute approximate surface area is 53.7 Å². The molecule has 0 saturated heterocycles. The van der Waals surface area contributed by atoms with Crippen LogP contribution in [0.15, 0.2) is 24.2 Å². The largest absolute Gasteiger partial charge is 0.399 e. The maximum absolute atomic E-state index is 7.23. The van der Waals surface area contributed by atoms with E-state index < -0.39 is 0 Å². The van der Waals surface area contributed by atoms with Crippen LogP contribution in [0.1, 0.15) is 5.48 Å². The van der Waals surface area contributed by atoms with Crippen molar-refractivity contribution in [1.82, 2.24) is 0 Å². The molecular weight excluding hydrogens is 100 g/mol. The summed E-state index contributed by atoms with van der Waals surface area (Å²) in [7, 11) is 0.